The molecule has 5 nitrogen and oxygen atoms in total. The normalized spacial score (nSPS) is 12.1. The summed E-state index contributed by atoms with van der Waals surface area (Å²) in [6.07, 6.45) is 1.07. The van der Waals surface area contributed by atoms with Crippen molar-refractivity contribution in [2.45, 2.75) is 26.2 Å². The van der Waals surface area contributed by atoms with Crippen molar-refractivity contribution in [2.75, 3.05) is 5.32 Å². The molecule has 3 aromatic carbocycles. The average Bonchev–Trinajstić information content (AvgIpc) is 3.44. The third-order valence-electron chi connectivity index (χ3n) is 6.01. The molecule has 0 spiro atoms. The molecule has 1 atom stereocenters. The van der Waals surface area contributed by atoms with Crippen LogP contribution in [0.1, 0.15) is 41.4 Å². The maximum atomic E-state index is 12.8. The van der Waals surface area contributed by atoms with Crippen molar-refractivity contribution in [1.29, 1.82) is 0 Å². The minimum atomic E-state index is -0.380. The van der Waals surface area contributed by atoms with Gasteiger partial charge in [0.2, 0.25) is 5.89 Å². The molecule has 0 aliphatic heterocycles. The Bertz CT molecular complexity index is 1610. The van der Waals surface area contributed by atoms with Crippen LogP contribution < -0.4 is 10.6 Å². The Balaban J connectivity index is 1.27. The predicted molar refractivity (Wildman–Crippen MR) is 154 cm³/mol. The number of fused-ring (bicyclic) bond motifs is 2. The van der Waals surface area contributed by atoms with Crippen LogP contribution >= 0.6 is 46.8 Å². The van der Waals surface area contributed by atoms with Crippen molar-refractivity contribution in [1.82, 2.24) is 10.3 Å². The first-order valence-electron chi connectivity index (χ1n) is 11.3. The summed E-state index contributed by atoms with van der Waals surface area (Å²) in [7, 11) is 0. The average molecular weight is 555 g/mol. The summed E-state index contributed by atoms with van der Waals surface area (Å²) >= 11 is 19.1. The highest BCUT2D eigenvalue weighted by Crippen LogP contribution is 2.36. The summed E-state index contributed by atoms with van der Waals surface area (Å²) in [4.78, 5) is 17.8. The number of anilines is 1. The number of hydrogen-bond donors (Lipinski definition) is 2. The minimum Gasteiger partial charge on any atom is -0.436 e. The lowest BCUT2D eigenvalue weighted by atomic mass is 9.98. The van der Waals surface area contributed by atoms with Gasteiger partial charge < -0.3 is 9.73 Å². The van der Waals surface area contributed by atoms with Gasteiger partial charge in [0.25, 0.3) is 5.91 Å². The van der Waals surface area contributed by atoms with E-state index in [0.29, 0.717) is 32.4 Å². The van der Waals surface area contributed by atoms with E-state index in [9.17, 15) is 4.79 Å². The first kappa shape index (κ1) is 24.7. The zero-order valence-corrected chi connectivity index (χ0v) is 22.5. The fourth-order valence-corrected chi connectivity index (χ4v) is 5.71. The maximum Gasteiger partial charge on any atom is 0.269 e. The van der Waals surface area contributed by atoms with E-state index in [4.69, 9.17) is 39.8 Å². The SMILES string of the molecule is CCC(C)c1ccc2oc(-c3ccc(NC(=S)NC(=O)c4sc5cc(Cl)ccc5c4Cl)cc3)nc2c1. The van der Waals surface area contributed by atoms with Gasteiger partial charge in [0.1, 0.15) is 10.4 Å². The summed E-state index contributed by atoms with van der Waals surface area (Å²) in [5.41, 5.74) is 4.41. The van der Waals surface area contributed by atoms with Crippen LogP contribution in [0.15, 0.2) is 65.1 Å². The van der Waals surface area contributed by atoms with Gasteiger partial charge in [-0.2, -0.15) is 0 Å². The van der Waals surface area contributed by atoms with E-state index in [2.05, 4.69) is 41.6 Å². The molecular formula is C27H21Cl2N3O2S2. The van der Waals surface area contributed by atoms with E-state index in [1.165, 1.54) is 16.9 Å². The molecule has 0 aliphatic rings. The molecule has 2 aromatic heterocycles. The maximum absolute atomic E-state index is 12.8. The first-order chi connectivity index (χ1) is 17.3. The van der Waals surface area contributed by atoms with Crippen LogP contribution in [0.25, 0.3) is 32.6 Å². The molecule has 1 unspecified atom stereocenters. The Labute approximate surface area is 227 Å². The number of rotatable bonds is 5. The van der Waals surface area contributed by atoms with Crippen molar-refractivity contribution < 1.29 is 9.21 Å². The van der Waals surface area contributed by atoms with Crippen molar-refractivity contribution >= 4 is 84.6 Å². The zero-order valence-electron chi connectivity index (χ0n) is 19.4. The Morgan fingerprint density at radius 2 is 1.89 bits per heavy atom. The number of benzene rings is 3. The van der Waals surface area contributed by atoms with E-state index in [0.717, 1.165) is 33.2 Å². The van der Waals surface area contributed by atoms with Crippen LogP contribution in [0.3, 0.4) is 0 Å². The Morgan fingerprint density at radius 1 is 1.11 bits per heavy atom. The molecule has 0 saturated heterocycles. The fraction of sp³-hybridized carbons (Fsp3) is 0.148. The standard InChI is InChI=1S/C27H21Cl2N3O2S2/c1-3-14(2)16-6-11-21-20(12-16)31-26(34-21)15-4-8-18(9-5-15)30-27(35)32-25(33)24-23(29)19-10-7-17(28)13-22(19)36-24/h4-14H,3H2,1-2H3,(H2,30,32,33,35). The second-order valence-electron chi connectivity index (χ2n) is 8.43. The topological polar surface area (TPSA) is 67.2 Å². The molecule has 5 rings (SSSR count). The van der Waals surface area contributed by atoms with E-state index in [1.807, 2.05) is 30.3 Å². The number of carbonyl (C=O) groups is 1. The van der Waals surface area contributed by atoms with Crippen LogP contribution in [-0.2, 0) is 0 Å². The monoisotopic (exact) mass is 553 g/mol. The lowest BCUT2D eigenvalue weighted by Gasteiger charge is -2.09. The molecular weight excluding hydrogens is 533 g/mol. The van der Waals surface area contributed by atoms with Crippen LogP contribution in [0.5, 0.6) is 0 Å². The van der Waals surface area contributed by atoms with Crippen LogP contribution in [0, 0.1) is 0 Å². The van der Waals surface area contributed by atoms with Crippen LogP contribution in [0.4, 0.5) is 5.69 Å². The van der Waals surface area contributed by atoms with E-state index < -0.39 is 0 Å². The highest BCUT2D eigenvalue weighted by atomic mass is 35.5. The third kappa shape index (κ3) is 4.97. The van der Waals surface area contributed by atoms with Crippen molar-refractivity contribution in [3.05, 3.63) is 81.1 Å². The lowest BCUT2D eigenvalue weighted by Crippen LogP contribution is -2.33. The molecule has 1 amide bonds. The molecule has 0 bridgehead atoms. The number of halogens is 2. The number of thiophene rings is 1. The minimum absolute atomic E-state index is 0.166. The summed E-state index contributed by atoms with van der Waals surface area (Å²) in [6, 6.07) is 19.0. The molecule has 182 valence electrons. The van der Waals surface area contributed by atoms with Gasteiger partial charge in [-0.25, -0.2) is 4.98 Å². The molecule has 0 radical (unpaired) electrons. The number of aromatic nitrogens is 1. The Hall–Kier alpha value is -2.97. The highest BCUT2D eigenvalue weighted by Gasteiger charge is 2.18. The molecule has 9 heteroatoms. The quantitative estimate of drug-likeness (QED) is 0.213. The van der Waals surface area contributed by atoms with E-state index >= 15 is 0 Å². The number of carbonyl (C=O) groups excluding carboxylic acids is 1. The van der Waals surface area contributed by atoms with Gasteiger partial charge >= 0.3 is 0 Å². The molecule has 2 N–H and O–H groups in total. The second-order valence-corrected chi connectivity index (χ2v) is 10.7. The number of amides is 1. The number of nitrogens with zero attached hydrogens (tertiary/aromatic N) is 1. The van der Waals surface area contributed by atoms with Crippen molar-refractivity contribution in [3.63, 3.8) is 0 Å². The van der Waals surface area contributed by atoms with E-state index in [-0.39, 0.29) is 11.0 Å². The van der Waals surface area contributed by atoms with Gasteiger partial charge in [-0.3, -0.25) is 10.1 Å². The van der Waals surface area contributed by atoms with Gasteiger partial charge in [-0.1, -0.05) is 49.2 Å². The summed E-state index contributed by atoms with van der Waals surface area (Å²) < 4.78 is 6.79. The predicted octanol–water partition coefficient (Wildman–Crippen LogP) is 8.66. The van der Waals surface area contributed by atoms with Crippen molar-refractivity contribution in [3.8, 4) is 11.5 Å². The van der Waals surface area contributed by atoms with Gasteiger partial charge in [-0.15, -0.1) is 11.3 Å². The fourth-order valence-electron chi connectivity index (χ4n) is 3.81. The second kappa shape index (κ2) is 10.2. The summed E-state index contributed by atoms with van der Waals surface area (Å²) in [5, 5.41) is 7.62. The van der Waals surface area contributed by atoms with Gasteiger partial charge in [-0.05, 0) is 78.7 Å². The van der Waals surface area contributed by atoms with Crippen molar-refractivity contribution in [2.24, 2.45) is 0 Å². The molecule has 0 fully saturated rings. The smallest absolute Gasteiger partial charge is 0.269 e. The first-order valence-corrected chi connectivity index (χ1v) is 13.3. The highest BCUT2D eigenvalue weighted by molar-refractivity contribution is 7.80. The number of oxazole rings is 1. The third-order valence-corrected chi connectivity index (χ3v) is 8.10. The van der Waals surface area contributed by atoms with Gasteiger partial charge in [0.15, 0.2) is 10.7 Å². The summed E-state index contributed by atoms with van der Waals surface area (Å²) in [6.45, 7) is 4.37. The molecule has 36 heavy (non-hydrogen) atoms. The lowest BCUT2D eigenvalue weighted by molar-refractivity contribution is 0.0982. The van der Waals surface area contributed by atoms with Crippen LogP contribution in [-0.4, -0.2) is 16.0 Å². The zero-order chi connectivity index (χ0) is 25.4. The number of thiocarbonyl (C=S) groups is 1. The molecule has 2 heterocycles. The van der Waals surface area contributed by atoms with Gasteiger partial charge in [0, 0.05) is 26.4 Å². The summed E-state index contributed by atoms with van der Waals surface area (Å²) in [5.74, 6) is 0.639. The molecule has 0 aliphatic carbocycles. The number of hydrogen-bond acceptors (Lipinski definition) is 5. The Kier molecular flexibility index (Phi) is 6.99. The largest absolute Gasteiger partial charge is 0.436 e. The van der Waals surface area contributed by atoms with Crippen LogP contribution in [0.2, 0.25) is 10.0 Å². The van der Waals surface area contributed by atoms with Gasteiger partial charge in [0.05, 0.1) is 5.02 Å². The molecule has 5 aromatic rings. The number of nitrogens with one attached hydrogen (secondary N) is 2. The van der Waals surface area contributed by atoms with E-state index in [1.54, 1.807) is 18.2 Å². The molecule has 0 saturated carbocycles. The Morgan fingerprint density at radius 3 is 2.64 bits per heavy atom.